The van der Waals surface area contributed by atoms with Crippen LogP contribution in [0.4, 0.5) is 0 Å². The quantitative estimate of drug-likeness (QED) is 0.447. The van der Waals surface area contributed by atoms with Gasteiger partial charge in [-0.25, -0.2) is 0 Å². The van der Waals surface area contributed by atoms with Gasteiger partial charge in [0.2, 0.25) is 0 Å². The summed E-state index contributed by atoms with van der Waals surface area (Å²) < 4.78 is 10.7. The monoisotopic (exact) mass is 405 g/mol. The smallest absolute Gasteiger partial charge is 0.191 e. The van der Waals surface area contributed by atoms with E-state index in [1.54, 1.807) is 14.2 Å². The molecule has 1 fully saturated rings. The number of para-hydroxylation sites is 1. The van der Waals surface area contributed by atoms with E-state index in [1.165, 1.54) is 0 Å². The number of guanidine groups is 1. The molecule has 6 heteroatoms. The molecule has 21 heavy (non-hydrogen) atoms. The number of halogens is 1. The second-order valence-corrected chi connectivity index (χ2v) is 4.85. The summed E-state index contributed by atoms with van der Waals surface area (Å²) in [6.45, 7) is 3.30. The third-order valence-electron chi connectivity index (χ3n) is 3.44. The van der Waals surface area contributed by atoms with E-state index in [1.807, 2.05) is 24.3 Å². The Morgan fingerprint density at radius 2 is 2.19 bits per heavy atom. The lowest BCUT2D eigenvalue weighted by Crippen LogP contribution is -2.39. The zero-order valence-corrected chi connectivity index (χ0v) is 14.9. The van der Waals surface area contributed by atoms with Gasteiger partial charge in [-0.3, -0.25) is 4.99 Å². The van der Waals surface area contributed by atoms with Gasteiger partial charge in [0, 0.05) is 38.2 Å². The Morgan fingerprint density at radius 1 is 1.38 bits per heavy atom. The van der Waals surface area contributed by atoms with Gasteiger partial charge in [-0.1, -0.05) is 18.2 Å². The lowest BCUT2D eigenvalue weighted by Gasteiger charge is -2.15. The minimum Gasteiger partial charge on any atom is -0.496 e. The Bertz CT molecular complexity index is 448. The number of hydrogen-bond acceptors (Lipinski definition) is 3. The van der Waals surface area contributed by atoms with Gasteiger partial charge in [0.15, 0.2) is 5.96 Å². The molecular weight excluding hydrogens is 381 g/mol. The molecule has 1 aromatic rings. The molecule has 0 bridgehead atoms. The van der Waals surface area contributed by atoms with Crippen LogP contribution < -0.4 is 15.4 Å². The van der Waals surface area contributed by atoms with Crippen molar-refractivity contribution in [1.82, 2.24) is 10.6 Å². The summed E-state index contributed by atoms with van der Waals surface area (Å²) in [6.07, 6.45) is 1.12. The average molecular weight is 405 g/mol. The number of rotatable bonds is 5. The van der Waals surface area contributed by atoms with Gasteiger partial charge < -0.3 is 20.1 Å². The van der Waals surface area contributed by atoms with Crippen molar-refractivity contribution < 1.29 is 9.47 Å². The van der Waals surface area contributed by atoms with Crippen molar-refractivity contribution in [3.05, 3.63) is 29.8 Å². The summed E-state index contributed by atoms with van der Waals surface area (Å²) in [5, 5.41) is 6.64. The van der Waals surface area contributed by atoms with Crippen LogP contribution >= 0.6 is 24.0 Å². The van der Waals surface area contributed by atoms with E-state index in [-0.39, 0.29) is 24.0 Å². The van der Waals surface area contributed by atoms with Gasteiger partial charge in [-0.15, -0.1) is 24.0 Å². The second kappa shape index (κ2) is 9.83. The summed E-state index contributed by atoms with van der Waals surface area (Å²) in [5.74, 6) is 2.28. The highest BCUT2D eigenvalue weighted by molar-refractivity contribution is 14.0. The van der Waals surface area contributed by atoms with Crippen LogP contribution in [0.5, 0.6) is 5.75 Å². The van der Waals surface area contributed by atoms with Crippen molar-refractivity contribution in [2.75, 3.05) is 33.9 Å². The first-order valence-corrected chi connectivity index (χ1v) is 6.97. The zero-order chi connectivity index (χ0) is 14.2. The van der Waals surface area contributed by atoms with Gasteiger partial charge in [-0.2, -0.15) is 0 Å². The van der Waals surface area contributed by atoms with Crippen LogP contribution in [0.3, 0.4) is 0 Å². The van der Waals surface area contributed by atoms with Crippen LogP contribution in [0.15, 0.2) is 29.3 Å². The van der Waals surface area contributed by atoms with Crippen LogP contribution in [0.2, 0.25) is 0 Å². The van der Waals surface area contributed by atoms with Crippen LogP contribution in [-0.2, 0) is 11.3 Å². The van der Waals surface area contributed by atoms with E-state index in [9.17, 15) is 0 Å². The molecule has 0 saturated carbocycles. The van der Waals surface area contributed by atoms with Crippen LogP contribution in [-0.4, -0.2) is 39.9 Å². The maximum absolute atomic E-state index is 5.37. The van der Waals surface area contributed by atoms with Gasteiger partial charge in [-0.05, 0) is 12.5 Å². The number of benzene rings is 1. The van der Waals surface area contributed by atoms with E-state index in [4.69, 9.17) is 9.47 Å². The molecule has 118 valence electrons. The Kier molecular flexibility index (Phi) is 8.44. The molecule has 0 radical (unpaired) electrons. The number of ether oxygens (including phenoxy) is 2. The molecule has 1 aliphatic rings. The molecule has 1 atom stereocenters. The van der Waals surface area contributed by atoms with Crippen molar-refractivity contribution in [1.29, 1.82) is 0 Å². The third-order valence-corrected chi connectivity index (χ3v) is 3.44. The topological polar surface area (TPSA) is 54.9 Å². The molecule has 0 aliphatic carbocycles. The largest absolute Gasteiger partial charge is 0.496 e. The fraction of sp³-hybridized carbons (Fsp3) is 0.533. The molecule has 1 saturated heterocycles. The van der Waals surface area contributed by atoms with Crippen molar-refractivity contribution in [3.8, 4) is 5.75 Å². The molecule has 0 spiro atoms. The normalized spacial score (nSPS) is 18.0. The Labute approximate surface area is 143 Å². The van der Waals surface area contributed by atoms with E-state index < -0.39 is 0 Å². The summed E-state index contributed by atoms with van der Waals surface area (Å²) in [4.78, 5) is 4.23. The molecule has 2 rings (SSSR count). The lowest BCUT2D eigenvalue weighted by molar-refractivity contribution is 0.186. The fourth-order valence-corrected chi connectivity index (χ4v) is 2.23. The molecule has 1 aliphatic heterocycles. The SMILES string of the molecule is CN=C(NCc1ccccc1OC)NCC1CCOC1.I. The maximum Gasteiger partial charge on any atom is 0.191 e. The molecule has 5 nitrogen and oxygen atoms in total. The van der Waals surface area contributed by atoms with Crippen LogP contribution in [0.1, 0.15) is 12.0 Å². The summed E-state index contributed by atoms with van der Waals surface area (Å²) in [7, 11) is 3.47. The predicted molar refractivity (Wildman–Crippen MR) is 95.5 cm³/mol. The van der Waals surface area contributed by atoms with Gasteiger partial charge in [0.05, 0.1) is 13.7 Å². The maximum atomic E-state index is 5.37. The molecule has 0 amide bonds. The van der Waals surface area contributed by atoms with Crippen molar-refractivity contribution >= 4 is 29.9 Å². The molecule has 1 unspecified atom stereocenters. The summed E-state index contributed by atoms with van der Waals surface area (Å²) >= 11 is 0. The second-order valence-electron chi connectivity index (χ2n) is 4.85. The highest BCUT2D eigenvalue weighted by Crippen LogP contribution is 2.16. The Hall–Kier alpha value is -1.02. The summed E-state index contributed by atoms with van der Waals surface area (Å²) in [5.41, 5.74) is 1.11. The molecule has 0 aromatic heterocycles. The van der Waals surface area contributed by atoms with Gasteiger partial charge in [0.1, 0.15) is 5.75 Å². The first-order valence-electron chi connectivity index (χ1n) is 6.97. The minimum atomic E-state index is 0. The summed E-state index contributed by atoms with van der Waals surface area (Å²) in [6, 6.07) is 7.98. The highest BCUT2D eigenvalue weighted by atomic mass is 127. The number of methoxy groups -OCH3 is 1. The first-order chi connectivity index (χ1) is 9.83. The Morgan fingerprint density at radius 3 is 2.86 bits per heavy atom. The van der Waals surface area contributed by atoms with E-state index in [0.717, 1.165) is 43.5 Å². The number of hydrogen-bond donors (Lipinski definition) is 2. The van der Waals surface area contributed by atoms with Gasteiger partial charge in [0.25, 0.3) is 0 Å². The molecule has 2 N–H and O–H groups in total. The van der Waals surface area contributed by atoms with Crippen LogP contribution in [0, 0.1) is 5.92 Å². The highest BCUT2D eigenvalue weighted by Gasteiger charge is 2.15. The van der Waals surface area contributed by atoms with E-state index >= 15 is 0 Å². The van der Waals surface area contributed by atoms with Gasteiger partial charge >= 0.3 is 0 Å². The number of aliphatic imine (C=N–C) groups is 1. The number of nitrogens with one attached hydrogen (secondary N) is 2. The third kappa shape index (κ3) is 5.70. The molecule has 1 heterocycles. The molecule has 1 aromatic carbocycles. The first kappa shape index (κ1) is 18.0. The van der Waals surface area contributed by atoms with Crippen molar-refractivity contribution in [2.45, 2.75) is 13.0 Å². The fourth-order valence-electron chi connectivity index (χ4n) is 2.23. The van der Waals surface area contributed by atoms with E-state index in [2.05, 4.69) is 15.6 Å². The molecular formula is C15H24IN3O2. The average Bonchev–Trinajstić information content (AvgIpc) is 3.01. The van der Waals surface area contributed by atoms with E-state index in [0.29, 0.717) is 12.5 Å². The number of nitrogens with zero attached hydrogens (tertiary/aromatic N) is 1. The van der Waals surface area contributed by atoms with Crippen LogP contribution in [0.25, 0.3) is 0 Å². The van der Waals surface area contributed by atoms with Crippen molar-refractivity contribution in [3.63, 3.8) is 0 Å². The zero-order valence-electron chi connectivity index (χ0n) is 12.6. The lowest BCUT2D eigenvalue weighted by atomic mass is 10.1. The minimum absolute atomic E-state index is 0. The Balaban J connectivity index is 0.00000220. The standard InChI is InChI=1S/C15H23N3O2.HI/c1-16-15(17-9-12-7-8-20-11-12)18-10-13-5-3-4-6-14(13)19-2;/h3-6,12H,7-11H2,1-2H3,(H2,16,17,18);1H. The predicted octanol–water partition coefficient (Wildman–Crippen LogP) is 2.01. The van der Waals surface area contributed by atoms with Crippen molar-refractivity contribution in [2.24, 2.45) is 10.9 Å².